The van der Waals surface area contributed by atoms with E-state index >= 15 is 0 Å². The molecule has 5 heteroatoms. The average Bonchev–Trinajstić information content (AvgIpc) is 2.41. The fourth-order valence-electron chi connectivity index (χ4n) is 2.13. The lowest BCUT2D eigenvalue weighted by molar-refractivity contribution is 0.102. The highest BCUT2D eigenvalue weighted by molar-refractivity contribution is 9.10. The molecule has 0 fully saturated rings. The first-order valence-electron chi connectivity index (χ1n) is 6.43. The zero-order chi connectivity index (χ0) is 15.6. The van der Waals surface area contributed by atoms with Gasteiger partial charge in [-0.3, -0.25) is 4.79 Å². The number of benzene rings is 2. The fourth-order valence-corrected chi connectivity index (χ4v) is 2.90. The molecule has 0 radical (unpaired) electrons. The highest BCUT2D eigenvalue weighted by Gasteiger charge is 2.12. The molecule has 4 nitrogen and oxygen atoms in total. The first kappa shape index (κ1) is 15.4. The van der Waals surface area contributed by atoms with Crippen LogP contribution in [0.3, 0.4) is 0 Å². The Hall–Kier alpha value is -2.01. The maximum absolute atomic E-state index is 12.4. The van der Waals surface area contributed by atoms with Crippen LogP contribution in [-0.4, -0.2) is 13.0 Å². The highest BCUT2D eigenvalue weighted by atomic mass is 79.9. The Morgan fingerprint density at radius 1 is 1.19 bits per heavy atom. The fraction of sp³-hybridized carbons (Fsp3) is 0.188. The van der Waals surface area contributed by atoms with Gasteiger partial charge in [-0.25, -0.2) is 0 Å². The Bertz CT molecular complexity index is 676. The molecule has 0 spiro atoms. The van der Waals surface area contributed by atoms with Crippen molar-refractivity contribution in [3.05, 3.63) is 51.5 Å². The molecule has 0 atom stereocenters. The molecule has 0 saturated carbocycles. The van der Waals surface area contributed by atoms with E-state index < -0.39 is 0 Å². The maximum Gasteiger partial charge on any atom is 0.255 e. The van der Waals surface area contributed by atoms with Gasteiger partial charge >= 0.3 is 0 Å². The van der Waals surface area contributed by atoms with Gasteiger partial charge in [0.2, 0.25) is 0 Å². The van der Waals surface area contributed by atoms with E-state index in [0.717, 1.165) is 21.3 Å². The van der Waals surface area contributed by atoms with Crippen molar-refractivity contribution in [2.45, 2.75) is 13.8 Å². The van der Waals surface area contributed by atoms with Crippen LogP contribution in [0.15, 0.2) is 34.8 Å². The van der Waals surface area contributed by atoms with Crippen molar-refractivity contribution >= 4 is 33.2 Å². The average molecular weight is 349 g/mol. The van der Waals surface area contributed by atoms with Gasteiger partial charge in [0.1, 0.15) is 5.75 Å². The number of hydrogen-bond acceptors (Lipinski definition) is 3. The zero-order valence-corrected chi connectivity index (χ0v) is 13.7. The second kappa shape index (κ2) is 6.18. The van der Waals surface area contributed by atoms with Gasteiger partial charge in [0.05, 0.1) is 12.8 Å². The van der Waals surface area contributed by atoms with Crippen LogP contribution < -0.4 is 15.8 Å². The van der Waals surface area contributed by atoms with Crippen molar-refractivity contribution in [3.63, 3.8) is 0 Å². The number of carbonyl (C=O) groups excluding carboxylic acids is 1. The van der Waals surface area contributed by atoms with Crippen molar-refractivity contribution in [3.8, 4) is 5.75 Å². The predicted octanol–water partition coefficient (Wildman–Crippen LogP) is 3.91. The molecule has 0 heterocycles. The third kappa shape index (κ3) is 3.55. The monoisotopic (exact) mass is 348 g/mol. The summed E-state index contributed by atoms with van der Waals surface area (Å²) < 4.78 is 5.98. The molecular weight excluding hydrogens is 332 g/mol. The quantitative estimate of drug-likeness (QED) is 0.826. The molecule has 1 amide bonds. The summed E-state index contributed by atoms with van der Waals surface area (Å²) in [5, 5.41) is 2.90. The summed E-state index contributed by atoms with van der Waals surface area (Å²) in [7, 11) is 1.54. The van der Waals surface area contributed by atoms with Gasteiger partial charge < -0.3 is 15.8 Å². The van der Waals surface area contributed by atoms with E-state index in [1.807, 2.05) is 26.0 Å². The number of nitrogens with two attached hydrogens (primary N) is 1. The summed E-state index contributed by atoms with van der Waals surface area (Å²) >= 11 is 3.48. The molecule has 0 unspecified atom stereocenters. The summed E-state index contributed by atoms with van der Waals surface area (Å²) in [4.78, 5) is 12.4. The number of nitrogen functional groups attached to an aromatic ring is 1. The molecule has 2 rings (SSSR count). The van der Waals surface area contributed by atoms with Crippen LogP contribution in [0.4, 0.5) is 11.4 Å². The molecule has 0 aliphatic carbocycles. The summed E-state index contributed by atoms with van der Waals surface area (Å²) in [6.07, 6.45) is 0. The number of halogens is 1. The Kier molecular flexibility index (Phi) is 4.53. The van der Waals surface area contributed by atoms with E-state index in [4.69, 9.17) is 10.5 Å². The number of hydrogen-bond donors (Lipinski definition) is 2. The standard InChI is InChI=1S/C16H17BrN2O2/c1-9-4-10(2)15(14(17)5-9)19-16(20)11-6-12(18)8-13(7-11)21-3/h4-8H,18H2,1-3H3,(H,19,20). The van der Waals surface area contributed by atoms with E-state index in [9.17, 15) is 4.79 Å². The normalized spacial score (nSPS) is 10.3. The Labute approximate surface area is 132 Å². The van der Waals surface area contributed by atoms with Crippen LogP contribution in [0.25, 0.3) is 0 Å². The van der Waals surface area contributed by atoms with Crippen LogP contribution in [0.1, 0.15) is 21.5 Å². The van der Waals surface area contributed by atoms with Gasteiger partial charge in [-0.1, -0.05) is 6.07 Å². The topological polar surface area (TPSA) is 64.3 Å². The molecule has 2 aromatic carbocycles. The minimum atomic E-state index is -0.228. The number of amides is 1. The van der Waals surface area contributed by atoms with Crippen molar-refractivity contribution in [2.75, 3.05) is 18.2 Å². The Balaban J connectivity index is 2.32. The van der Waals surface area contributed by atoms with E-state index in [2.05, 4.69) is 21.2 Å². The number of anilines is 2. The van der Waals surface area contributed by atoms with Gasteiger partial charge in [0.25, 0.3) is 5.91 Å². The molecule has 0 bridgehead atoms. The van der Waals surface area contributed by atoms with Crippen LogP contribution in [0.5, 0.6) is 5.75 Å². The van der Waals surface area contributed by atoms with Crippen molar-refractivity contribution in [1.82, 2.24) is 0 Å². The van der Waals surface area contributed by atoms with Crippen LogP contribution >= 0.6 is 15.9 Å². The second-order valence-electron chi connectivity index (χ2n) is 4.89. The van der Waals surface area contributed by atoms with E-state index in [1.54, 1.807) is 18.2 Å². The molecule has 0 aliphatic heterocycles. The molecule has 21 heavy (non-hydrogen) atoms. The van der Waals surface area contributed by atoms with Crippen LogP contribution in [0.2, 0.25) is 0 Å². The third-order valence-electron chi connectivity index (χ3n) is 3.10. The van der Waals surface area contributed by atoms with Gasteiger partial charge in [-0.05, 0) is 59.1 Å². The summed E-state index contributed by atoms with van der Waals surface area (Å²) in [6, 6.07) is 8.92. The zero-order valence-electron chi connectivity index (χ0n) is 12.2. The van der Waals surface area contributed by atoms with Crippen molar-refractivity contribution in [1.29, 1.82) is 0 Å². The number of ether oxygens (including phenoxy) is 1. The largest absolute Gasteiger partial charge is 0.497 e. The second-order valence-corrected chi connectivity index (χ2v) is 5.74. The Morgan fingerprint density at radius 2 is 1.90 bits per heavy atom. The molecule has 0 saturated heterocycles. The van der Waals surface area contributed by atoms with Gasteiger partial charge in [0.15, 0.2) is 0 Å². The van der Waals surface area contributed by atoms with Crippen molar-refractivity contribution < 1.29 is 9.53 Å². The predicted molar refractivity (Wildman–Crippen MR) is 89.0 cm³/mol. The van der Waals surface area contributed by atoms with Gasteiger partial charge in [-0.15, -0.1) is 0 Å². The van der Waals surface area contributed by atoms with Gasteiger partial charge in [0, 0.05) is 21.8 Å². The molecule has 2 aromatic rings. The van der Waals surface area contributed by atoms with Crippen LogP contribution in [0, 0.1) is 13.8 Å². The number of methoxy groups -OCH3 is 1. The third-order valence-corrected chi connectivity index (χ3v) is 3.72. The van der Waals surface area contributed by atoms with E-state index in [-0.39, 0.29) is 5.91 Å². The highest BCUT2D eigenvalue weighted by Crippen LogP contribution is 2.28. The maximum atomic E-state index is 12.4. The minimum absolute atomic E-state index is 0.228. The Morgan fingerprint density at radius 3 is 2.52 bits per heavy atom. The first-order valence-corrected chi connectivity index (χ1v) is 7.22. The molecular formula is C16H17BrN2O2. The minimum Gasteiger partial charge on any atom is -0.497 e. The number of carbonyl (C=O) groups is 1. The lowest BCUT2D eigenvalue weighted by atomic mass is 10.1. The lowest BCUT2D eigenvalue weighted by Crippen LogP contribution is -2.14. The molecule has 110 valence electrons. The SMILES string of the molecule is COc1cc(N)cc(C(=O)Nc2c(C)cc(C)cc2Br)c1. The van der Waals surface area contributed by atoms with E-state index in [1.165, 1.54) is 7.11 Å². The molecule has 3 N–H and O–H groups in total. The smallest absolute Gasteiger partial charge is 0.255 e. The number of nitrogens with one attached hydrogen (secondary N) is 1. The summed E-state index contributed by atoms with van der Waals surface area (Å²) in [5.74, 6) is 0.327. The van der Waals surface area contributed by atoms with Crippen LogP contribution in [-0.2, 0) is 0 Å². The molecule has 0 aromatic heterocycles. The van der Waals surface area contributed by atoms with E-state index in [0.29, 0.717) is 17.0 Å². The molecule has 0 aliphatic rings. The summed E-state index contributed by atoms with van der Waals surface area (Å²) in [5.41, 5.74) is 9.60. The van der Waals surface area contributed by atoms with Gasteiger partial charge in [-0.2, -0.15) is 0 Å². The number of aryl methyl sites for hydroxylation is 2. The summed E-state index contributed by atoms with van der Waals surface area (Å²) in [6.45, 7) is 3.96. The number of rotatable bonds is 3. The first-order chi connectivity index (χ1) is 9.90. The van der Waals surface area contributed by atoms with Crippen molar-refractivity contribution in [2.24, 2.45) is 0 Å². The lowest BCUT2D eigenvalue weighted by Gasteiger charge is -2.12.